The molecule has 1 N–H and O–H groups in total. The van der Waals surface area contributed by atoms with Gasteiger partial charge in [0, 0.05) is 32.3 Å². The summed E-state index contributed by atoms with van der Waals surface area (Å²) in [6.07, 6.45) is 4.82. The molecule has 4 nitrogen and oxygen atoms in total. The van der Waals surface area contributed by atoms with Crippen molar-refractivity contribution in [1.82, 2.24) is 14.9 Å². The molecule has 1 atom stereocenters. The second-order valence-electron chi connectivity index (χ2n) is 5.00. The number of aromatic nitrogens is 2. The van der Waals surface area contributed by atoms with Crippen molar-refractivity contribution in [2.45, 2.75) is 18.9 Å². The van der Waals surface area contributed by atoms with E-state index >= 15 is 0 Å². The highest BCUT2D eigenvalue weighted by molar-refractivity contribution is 5.37. The molecule has 100 valence electrons. The monoisotopic (exact) mass is 257 g/mol. The maximum atomic E-state index is 5.68. The van der Waals surface area contributed by atoms with Gasteiger partial charge >= 0.3 is 0 Å². The van der Waals surface area contributed by atoms with Crippen molar-refractivity contribution in [2.24, 2.45) is 7.05 Å². The van der Waals surface area contributed by atoms with Gasteiger partial charge < -0.3 is 14.6 Å². The molecule has 1 aromatic carbocycles. The molecule has 0 saturated carbocycles. The first-order valence-electron chi connectivity index (χ1n) is 6.72. The van der Waals surface area contributed by atoms with Gasteiger partial charge in [-0.2, -0.15) is 0 Å². The van der Waals surface area contributed by atoms with E-state index in [4.69, 9.17) is 4.74 Å². The van der Waals surface area contributed by atoms with Gasteiger partial charge in [0.1, 0.15) is 5.75 Å². The van der Waals surface area contributed by atoms with E-state index < -0.39 is 0 Å². The van der Waals surface area contributed by atoms with E-state index in [-0.39, 0.29) is 0 Å². The molecule has 2 aromatic rings. The van der Waals surface area contributed by atoms with Gasteiger partial charge in [-0.15, -0.1) is 0 Å². The molecular weight excluding hydrogens is 238 g/mol. The Morgan fingerprint density at radius 2 is 2.32 bits per heavy atom. The molecule has 0 unspecified atom stereocenters. The van der Waals surface area contributed by atoms with Crippen LogP contribution in [0.15, 0.2) is 36.8 Å². The topological polar surface area (TPSA) is 39.1 Å². The van der Waals surface area contributed by atoms with E-state index in [2.05, 4.69) is 28.5 Å². The Kier molecular flexibility index (Phi) is 3.51. The van der Waals surface area contributed by atoms with Gasteiger partial charge in [0.25, 0.3) is 0 Å². The number of aryl methyl sites for hydroxylation is 1. The van der Waals surface area contributed by atoms with Crippen molar-refractivity contribution >= 4 is 0 Å². The Balaban J connectivity index is 1.61. The summed E-state index contributed by atoms with van der Waals surface area (Å²) in [4.78, 5) is 4.13. The van der Waals surface area contributed by atoms with Crippen molar-refractivity contribution in [3.63, 3.8) is 0 Å². The van der Waals surface area contributed by atoms with Gasteiger partial charge in [0.05, 0.1) is 18.6 Å². The molecule has 0 amide bonds. The lowest BCUT2D eigenvalue weighted by atomic mass is 9.93. The van der Waals surface area contributed by atoms with Gasteiger partial charge in [-0.1, -0.05) is 18.2 Å². The summed E-state index contributed by atoms with van der Waals surface area (Å²) >= 11 is 0. The smallest absolute Gasteiger partial charge is 0.122 e. The van der Waals surface area contributed by atoms with Gasteiger partial charge in [0.15, 0.2) is 0 Å². The predicted octanol–water partition coefficient (Wildman–Crippen LogP) is 2.08. The zero-order valence-corrected chi connectivity index (χ0v) is 11.2. The third-order valence-corrected chi connectivity index (χ3v) is 3.70. The van der Waals surface area contributed by atoms with Crippen molar-refractivity contribution in [2.75, 3.05) is 13.2 Å². The van der Waals surface area contributed by atoms with Crippen LogP contribution in [0.5, 0.6) is 5.75 Å². The van der Waals surface area contributed by atoms with Gasteiger partial charge in [-0.25, -0.2) is 4.98 Å². The van der Waals surface area contributed by atoms with Crippen LogP contribution in [0, 0.1) is 0 Å². The zero-order chi connectivity index (χ0) is 13.1. The Hall–Kier alpha value is -1.81. The zero-order valence-electron chi connectivity index (χ0n) is 11.2. The van der Waals surface area contributed by atoms with Crippen LogP contribution in [-0.4, -0.2) is 22.7 Å². The van der Waals surface area contributed by atoms with Gasteiger partial charge in [-0.3, -0.25) is 0 Å². The van der Waals surface area contributed by atoms with Crippen molar-refractivity contribution in [3.05, 3.63) is 48.0 Å². The van der Waals surface area contributed by atoms with Crippen LogP contribution >= 0.6 is 0 Å². The van der Waals surface area contributed by atoms with Crippen LogP contribution in [0.3, 0.4) is 0 Å². The number of ether oxygens (including phenoxy) is 1. The van der Waals surface area contributed by atoms with E-state index in [0.29, 0.717) is 5.92 Å². The number of nitrogens with zero attached hydrogens (tertiary/aromatic N) is 2. The molecule has 0 aliphatic carbocycles. The standard InChI is InChI=1S/C15H19N3O/c1-18-11-17-10-13(18)9-16-8-12-6-7-19-15-5-3-2-4-14(12)15/h2-5,10-12,16H,6-9H2,1H3/t12-/m1/s1. The van der Waals surface area contributed by atoms with E-state index in [0.717, 1.165) is 31.9 Å². The third-order valence-electron chi connectivity index (χ3n) is 3.70. The van der Waals surface area contributed by atoms with Gasteiger partial charge in [-0.05, 0) is 18.1 Å². The van der Waals surface area contributed by atoms with Crippen LogP contribution in [0.4, 0.5) is 0 Å². The summed E-state index contributed by atoms with van der Waals surface area (Å²) in [6, 6.07) is 8.35. The van der Waals surface area contributed by atoms with E-state index in [1.807, 2.05) is 30.2 Å². The maximum Gasteiger partial charge on any atom is 0.122 e. The summed E-state index contributed by atoms with van der Waals surface area (Å²) in [5, 5.41) is 3.52. The van der Waals surface area contributed by atoms with E-state index in [1.54, 1.807) is 0 Å². The summed E-state index contributed by atoms with van der Waals surface area (Å²) in [5.41, 5.74) is 2.53. The Labute approximate surface area is 113 Å². The number of nitrogens with one attached hydrogen (secondary N) is 1. The van der Waals surface area contributed by atoms with Crippen molar-refractivity contribution < 1.29 is 4.74 Å². The van der Waals surface area contributed by atoms with Crippen LogP contribution in [0.1, 0.15) is 23.6 Å². The molecule has 0 bridgehead atoms. The molecule has 2 heterocycles. The predicted molar refractivity (Wildman–Crippen MR) is 74.2 cm³/mol. The van der Waals surface area contributed by atoms with E-state index in [9.17, 15) is 0 Å². The Morgan fingerprint density at radius 1 is 1.42 bits per heavy atom. The number of imidazole rings is 1. The highest BCUT2D eigenvalue weighted by Gasteiger charge is 2.20. The number of benzene rings is 1. The fourth-order valence-electron chi connectivity index (χ4n) is 2.56. The molecule has 19 heavy (non-hydrogen) atoms. The largest absolute Gasteiger partial charge is 0.493 e. The van der Waals surface area contributed by atoms with Crippen LogP contribution < -0.4 is 10.1 Å². The van der Waals surface area contributed by atoms with Crippen LogP contribution in [0.25, 0.3) is 0 Å². The summed E-state index contributed by atoms with van der Waals surface area (Å²) in [6.45, 7) is 2.65. The summed E-state index contributed by atoms with van der Waals surface area (Å²) in [7, 11) is 2.02. The molecule has 0 saturated heterocycles. The molecule has 3 rings (SSSR count). The summed E-state index contributed by atoms with van der Waals surface area (Å²) < 4.78 is 7.73. The number of rotatable bonds is 4. The molecule has 0 fully saturated rings. The third kappa shape index (κ3) is 2.63. The van der Waals surface area contributed by atoms with Gasteiger partial charge in [0.2, 0.25) is 0 Å². The molecular formula is C15H19N3O. The quantitative estimate of drug-likeness (QED) is 0.911. The maximum absolute atomic E-state index is 5.68. The van der Waals surface area contributed by atoms with Crippen LogP contribution in [0.2, 0.25) is 0 Å². The first kappa shape index (κ1) is 12.2. The number of para-hydroxylation sites is 1. The normalized spacial score (nSPS) is 17.8. The Morgan fingerprint density at radius 3 is 3.16 bits per heavy atom. The Bertz CT molecular complexity index is 550. The molecule has 4 heteroatoms. The number of fused-ring (bicyclic) bond motifs is 1. The lowest BCUT2D eigenvalue weighted by Gasteiger charge is -2.26. The average Bonchev–Trinajstić information content (AvgIpc) is 2.85. The highest BCUT2D eigenvalue weighted by atomic mass is 16.5. The number of hydrogen-bond acceptors (Lipinski definition) is 3. The second-order valence-corrected chi connectivity index (χ2v) is 5.00. The SMILES string of the molecule is Cn1cncc1CNC[C@H]1CCOc2ccccc21. The van der Waals surface area contributed by atoms with Crippen molar-refractivity contribution in [1.29, 1.82) is 0 Å². The second kappa shape index (κ2) is 5.45. The lowest BCUT2D eigenvalue weighted by Crippen LogP contribution is -2.26. The first-order valence-corrected chi connectivity index (χ1v) is 6.72. The molecule has 1 aromatic heterocycles. The molecule has 1 aliphatic heterocycles. The molecule has 1 aliphatic rings. The van der Waals surface area contributed by atoms with Crippen molar-refractivity contribution in [3.8, 4) is 5.75 Å². The minimum absolute atomic E-state index is 0.540. The minimum Gasteiger partial charge on any atom is -0.493 e. The van der Waals surface area contributed by atoms with E-state index in [1.165, 1.54) is 11.3 Å². The molecule has 0 spiro atoms. The average molecular weight is 257 g/mol. The minimum atomic E-state index is 0.540. The fraction of sp³-hybridized carbons (Fsp3) is 0.400. The fourth-order valence-corrected chi connectivity index (χ4v) is 2.56. The highest BCUT2D eigenvalue weighted by Crippen LogP contribution is 2.32. The first-order chi connectivity index (χ1) is 9.34. The lowest BCUT2D eigenvalue weighted by molar-refractivity contribution is 0.264. The molecule has 0 radical (unpaired) electrons. The number of hydrogen-bond donors (Lipinski definition) is 1. The summed E-state index contributed by atoms with van der Waals surface area (Å²) in [5.74, 6) is 1.58. The van der Waals surface area contributed by atoms with Crippen LogP contribution in [-0.2, 0) is 13.6 Å².